The highest BCUT2D eigenvalue weighted by Gasteiger charge is 2.53. The number of fused-ring (bicyclic) bond motifs is 2. The second kappa shape index (κ2) is 9.12. The fourth-order valence-corrected chi connectivity index (χ4v) is 5.96. The molecule has 2 aliphatic rings. The number of nitrogens with two attached hydrogens (primary N) is 2. The Kier molecular flexibility index (Phi) is 5.97. The molecule has 186 valence electrons. The molecule has 0 bridgehead atoms. The number of carboxylic acid groups (broad SMARTS) is 1. The molecule has 2 atom stereocenters. The maximum atomic E-state index is 13.0. The van der Waals surface area contributed by atoms with E-state index < -0.39 is 29.2 Å². The number of rotatable bonds is 7. The molecule has 2 amide bonds. The van der Waals surface area contributed by atoms with Gasteiger partial charge in [-0.2, -0.15) is 0 Å². The maximum Gasteiger partial charge on any atom is 0.276 e. The Morgan fingerprint density at radius 1 is 1.39 bits per heavy atom. The number of thiazole rings is 1. The Bertz CT molecular complexity index is 1460. The summed E-state index contributed by atoms with van der Waals surface area (Å²) in [6.45, 7) is 0.0877. The number of hydrogen-bond acceptors (Lipinski definition) is 12. The molecule has 4 heterocycles. The number of aromatic nitrogens is 4. The Labute approximate surface area is 211 Å². The number of aliphatic carboxylic acids is 1. The van der Waals surface area contributed by atoms with Crippen LogP contribution in [-0.4, -0.2) is 67.7 Å². The van der Waals surface area contributed by atoms with Gasteiger partial charge in [0.1, 0.15) is 36.0 Å². The van der Waals surface area contributed by atoms with E-state index in [0.717, 1.165) is 16.2 Å². The van der Waals surface area contributed by atoms with Crippen molar-refractivity contribution in [1.29, 1.82) is 0 Å². The lowest BCUT2D eigenvalue weighted by molar-refractivity contribution is -0.725. The van der Waals surface area contributed by atoms with Gasteiger partial charge in [-0.25, -0.2) is 10.8 Å². The summed E-state index contributed by atoms with van der Waals surface area (Å²) >= 11 is 2.43. The van der Waals surface area contributed by atoms with E-state index in [9.17, 15) is 19.5 Å². The first kappa shape index (κ1) is 23.6. The molecule has 3 aromatic rings. The van der Waals surface area contributed by atoms with Crippen molar-refractivity contribution in [3.63, 3.8) is 0 Å². The molecule has 5 N–H and O–H groups in total. The summed E-state index contributed by atoms with van der Waals surface area (Å²) in [5.74, 6) is 3.39. The van der Waals surface area contributed by atoms with Crippen LogP contribution in [0.25, 0.3) is 11.0 Å². The summed E-state index contributed by atoms with van der Waals surface area (Å²) in [6, 6.07) is 6.23. The summed E-state index contributed by atoms with van der Waals surface area (Å²) in [5, 5.41) is 23.8. The van der Waals surface area contributed by atoms with Crippen molar-refractivity contribution in [3.05, 3.63) is 46.6 Å². The van der Waals surface area contributed by atoms with Crippen molar-refractivity contribution in [1.82, 2.24) is 25.2 Å². The van der Waals surface area contributed by atoms with Gasteiger partial charge in [0.2, 0.25) is 11.0 Å². The highest BCUT2D eigenvalue weighted by atomic mass is 32.2. The van der Waals surface area contributed by atoms with Gasteiger partial charge in [0.25, 0.3) is 11.8 Å². The molecule has 2 aromatic heterocycles. The normalized spacial score (nSPS) is 19.8. The Morgan fingerprint density at radius 2 is 2.17 bits per heavy atom. The highest BCUT2D eigenvalue weighted by Crippen LogP contribution is 2.40. The number of anilines is 1. The highest BCUT2D eigenvalue weighted by molar-refractivity contribution is 8.00. The van der Waals surface area contributed by atoms with E-state index in [4.69, 9.17) is 16.4 Å². The standard InChI is InChI=1S/C20H19N9O5S2/c1-34-25-13(10-8-36-20(21)23-10)16(30)24-14-17(31)28-15(19(32)33)9(7-35-18(14)28)6-27-11-4-2-3-5-12(11)29(22)26-27/h2-5,8,14,18H,6-7H2,1H3,(H5-,21,22,23,24,26,30,32,33)/b25-13-/t14-,18-/m1/s1. The van der Waals surface area contributed by atoms with E-state index in [1.165, 1.54) is 29.0 Å². The van der Waals surface area contributed by atoms with Gasteiger partial charge >= 0.3 is 0 Å². The van der Waals surface area contributed by atoms with E-state index in [1.807, 2.05) is 12.1 Å². The van der Waals surface area contributed by atoms with E-state index in [2.05, 4.69) is 20.7 Å². The molecular formula is C20H19N9O5S2. The smallest absolute Gasteiger partial charge is 0.276 e. The maximum absolute atomic E-state index is 13.0. The van der Waals surface area contributed by atoms with Crippen LogP contribution in [0.3, 0.4) is 0 Å². The first-order chi connectivity index (χ1) is 17.3. The summed E-state index contributed by atoms with van der Waals surface area (Å²) in [6.07, 6.45) is 0. The minimum absolute atomic E-state index is 0.0877. The lowest BCUT2D eigenvalue weighted by Crippen LogP contribution is -2.71. The zero-order valence-corrected chi connectivity index (χ0v) is 20.3. The summed E-state index contributed by atoms with van der Waals surface area (Å²) in [5.41, 5.74) is 7.23. The molecule has 1 fully saturated rings. The van der Waals surface area contributed by atoms with Crippen LogP contribution in [0.2, 0.25) is 0 Å². The molecule has 16 heteroatoms. The molecule has 14 nitrogen and oxygen atoms in total. The van der Waals surface area contributed by atoms with Gasteiger partial charge in [-0.3, -0.25) is 14.5 Å². The summed E-state index contributed by atoms with van der Waals surface area (Å²) < 4.78 is 1.56. The lowest BCUT2D eigenvalue weighted by Gasteiger charge is -2.50. The van der Waals surface area contributed by atoms with E-state index in [0.29, 0.717) is 16.6 Å². The fourth-order valence-electron chi connectivity index (χ4n) is 4.08. The molecule has 0 spiro atoms. The van der Waals surface area contributed by atoms with Crippen LogP contribution in [-0.2, 0) is 25.8 Å². The first-order valence-electron chi connectivity index (χ1n) is 10.4. The average Bonchev–Trinajstić information content (AvgIpc) is 3.43. The zero-order valence-electron chi connectivity index (χ0n) is 18.7. The molecule has 0 saturated carbocycles. The van der Waals surface area contributed by atoms with Crippen LogP contribution in [0.15, 0.2) is 46.1 Å². The van der Waals surface area contributed by atoms with Crippen molar-refractivity contribution < 1.29 is 29.0 Å². The zero-order chi connectivity index (χ0) is 25.6. The number of benzene rings is 1. The van der Waals surface area contributed by atoms with Crippen LogP contribution in [0, 0.1) is 0 Å². The van der Waals surface area contributed by atoms with Crippen LogP contribution < -0.4 is 26.7 Å². The monoisotopic (exact) mass is 529 g/mol. The number of hydrogen-bond donors (Lipinski definition) is 3. The Hall–Kier alpha value is -4.18. The molecular weight excluding hydrogens is 510 g/mol. The van der Waals surface area contributed by atoms with Gasteiger partial charge in [0.05, 0.1) is 11.7 Å². The van der Waals surface area contributed by atoms with Gasteiger partial charge in [0.15, 0.2) is 10.8 Å². The molecule has 0 aliphatic carbocycles. The van der Waals surface area contributed by atoms with Crippen molar-refractivity contribution in [2.75, 3.05) is 24.4 Å². The topological polar surface area (TPSA) is 198 Å². The SMILES string of the molecule is CO/N=C(\C(=O)N[C@@H]1C(=O)N2C(C(=O)[O-])=C(C[n+]3nn(N)c4ccccc43)CS[C@H]12)c1csc(N)n1. The third kappa shape index (κ3) is 3.89. The first-order valence-corrected chi connectivity index (χ1v) is 12.4. The minimum Gasteiger partial charge on any atom is -0.543 e. The Morgan fingerprint density at radius 3 is 2.86 bits per heavy atom. The van der Waals surface area contributed by atoms with Crippen LogP contribution in [0.5, 0.6) is 0 Å². The number of β-lactam (4-membered cyclic amide) rings is 1. The molecule has 1 aromatic carbocycles. The number of nitrogen functional groups attached to an aromatic ring is 2. The van der Waals surface area contributed by atoms with Crippen molar-refractivity contribution in [3.8, 4) is 0 Å². The number of para-hydroxylation sites is 2. The molecule has 2 aliphatic heterocycles. The van der Waals surface area contributed by atoms with Gasteiger partial charge in [-0.1, -0.05) is 17.3 Å². The number of thioether (sulfide) groups is 1. The van der Waals surface area contributed by atoms with Crippen molar-refractivity contribution in [2.24, 2.45) is 5.16 Å². The van der Waals surface area contributed by atoms with Crippen LogP contribution >= 0.6 is 23.1 Å². The van der Waals surface area contributed by atoms with Crippen molar-refractivity contribution >= 4 is 62.8 Å². The van der Waals surface area contributed by atoms with Crippen LogP contribution in [0.4, 0.5) is 5.13 Å². The average molecular weight is 530 g/mol. The van der Waals surface area contributed by atoms with Gasteiger partial charge in [0, 0.05) is 16.7 Å². The van der Waals surface area contributed by atoms with Gasteiger partial charge in [-0.05, 0) is 16.9 Å². The second-order valence-electron chi connectivity index (χ2n) is 7.77. The van der Waals surface area contributed by atoms with Crippen LogP contribution in [0.1, 0.15) is 5.69 Å². The third-order valence-corrected chi connectivity index (χ3v) is 7.65. The summed E-state index contributed by atoms with van der Waals surface area (Å²) in [4.78, 5) is 49.1. The number of amides is 2. The number of nitrogens with one attached hydrogen (secondary N) is 1. The number of nitrogens with zero attached hydrogens (tertiary/aromatic N) is 6. The Balaban J connectivity index is 1.38. The molecule has 36 heavy (non-hydrogen) atoms. The fraction of sp³-hybridized carbons (Fsp3) is 0.250. The number of carbonyl (C=O) groups is 3. The number of carboxylic acids is 1. The van der Waals surface area contributed by atoms with E-state index in [-0.39, 0.29) is 34.5 Å². The predicted octanol–water partition coefficient (Wildman–Crippen LogP) is -2.47. The van der Waals surface area contributed by atoms with Gasteiger partial charge < -0.3 is 25.8 Å². The number of carbonyl (C=O) groups excluding carboxylic acids is 3. The number of oxime groups is 1. The second-order valence-corrected chi connectivity index (χ2v) is 9.77. The molecule has 5 rings (SSSR count). The summed E-state index contributed by atoms with van der Waals surface area (Å²) in [7, 11) is 1.27. The molecule has 0 radical (unpaired) electrons. The minimum atomic E-state index is -1.50. The van der Waals surface area contributed by atoms with Gasteiger partial charge in [-0.15, -0.1) is 27.8 Å². The van der Waals surface area contributed by atoms with E-state index in [1.54, 1.807) is 16.8 Å². The lowest BCUT2D eigenvalue weighted by atomic mass is 10.0. The van der Waals surface area contributed by atoms with E-state index >= 15 is 0 Å². The quantitative estimate of drug-likeness (QED) is 0.0969. The predicted molar refractivity (Wildman–Crippen MR) is 127 cm³/mol. The molecule has 1 saturated heterocycles. The third-order valence-electron chi connectivity index (χ3n) is 5.64. The molecule has 0 unspecified atom stereocenters. The van der Waals surface area contributed by atoms with Crippen molar-refractivity contribution in [2.45, 2.75) is 18.0 Å². The largest absolute Gasteiger partial charge is 0.543 e.